The number of halogens is 3. The van der Waals surface area contributed by atoms with Gasteiger partial charge in [0.2, 0.25) is 0 Å². The molecule has 0 aliphatic carbocycles. The van der Waals surface area contributed by atoms with Gasteiger partial charge in [0.1, 0.15) is 16.5 Å². The first kappa shape index (κ1) is 16.1. The van der Waals surface area contributed by atoms with Crippen LogP contribution in [0.1, 0.15) is 0 Å². The quantitative estimate of drug-likeness (QED) is 0.844. The van der Waals surface area contributed by atoms with Gasteiger partial charge in [-0.25, -0.2) is 17.2 Å². The Hall–Kier alpha value is -1.31. The molecule has 8 heteroatoms. The van der Waals surface area contributed by atoms with Crippen LogP contribution in [0, 0.1) is 11.6 Å². The number of hydrogen-bond acceptors (Lipinski definition) is 3. The Balaban J connectivity index is 2.44. The Morgan fingerprint density at radius 1 is 1.14 bits per heavy atom. The third-order valence-corrected chi connectivity index (χ3v) is 5.02. The number of rotatable bonds is 4. The van der Waals surface area contributed by atoms with Gasteiger partial charge in [0, 0.05) is 16.0 Å². The Morgan fingerprint density at radius 2 is 1.86 bits per heavy atom. The topological polar surface area (TPSA) is 46.2 Å². The van der Waals surface area contributed by atoms with Gasteiger partial charge in [-0.3, -0.25) is 4.72 Å². The van der Waals surface area contributed by atoms with Gasteiger partial charge >= 0.3 is 0 Å². The van der Waals surface area contributed by atoms with E-state index >= 15 is 0 Å². The van der Waals surface area contributed by atoms with Crippen molar-refractivity contribution in [3.63, 3.8) is 0 Å². The van der Waals surface area contributed by atoms with Crippen molar-refractivity contribution < 1.29 is 17.2 Å². The molecule has 0 radical (unpaired) electrons. The summed E-state index contributed by atoms with van der Waals surface area (Å²) in [4.78, 5) is 0.00132. The van der Waals surface area contributed by atoms with Crippen LogP contribution in [-0.4, -0.2) is 14.7 Å². The largest absolute Gasteiger partial charge is 0.278 e. The standard InChI is InChI=1S/C13H10ClF2NO2S2/c1-20-12-4-2-8(14)6-11(12)17-21(18,19)13-5-3-9(15)7-10(13)16/h2-7,17H,1H3. The van der Waals surface area contributed by atoms with Gasteiger partial charge in [-0.1, -0.05) is 11.6 Å². The van der Waals surface area contributed by atoms with Crippen LogP contribution in [0.3, 0.4) is 0 Å². The van der Waals surface area contributed by atoms with Crippen LogP contribution in [0.15, 0.2) is 46.2 Å². The van der Waals surface area contributed by atoms with E-state index in [1.807, 2.05) is 0 Å². The van der Waals surface area contributed by atoms with Crippen LogP contribution in [0.2, 0.25) is 5.02 Å². The summed E-state index contributed by atoms with van der Waals surface area (Å²) in [6, 6.07) is 6.95. The lowest BCUT2D eigenvalue weighted by Gasteiger charge is -2.12. The minimum Gasteiger partial charge on any atom is -0.278 e. The van der Waals surface area contributed by atoms with Crippen molar-refractivity contribution in [2.75, 3.05) is 11.0 Å². The molecule has 0 bridgehead atoms. The van der Waals surface area contributed by atoms with Crippen LogP contribution in [-0.2, 0) is 10.0 Å². The molecule has 2 rings (SSSR count). The van der Waals surface area contributed by atoms with Gasteiger partial charge in [0.05, 0.1) is 5.69 Å². The average molecular weight is 350 g/mol. The van der Waals surface area contributed by atoms with Crippen molar-refractivity contribution >= 4 is 39.1 Å². The molecule has 0 aromatic heterocycles. The van der Waals surface area contributed by atoms with Gasteiger partial charge in [-0.15, -0.1) is 11.8 Å². The van der Waals surface area contributed by atoms with E-state index in [9.17, 15) is 17.2 Å². The molecule has 0 fully saturated rings. The predicted octanol–water partition coefficient (Wildman–Crippen LogP) is 4.14. The molecule has 3 nitrogen and oxygen atoms in total. The smallest absolute Gasteiger partial charge is 0.264 e. The van der Waals surface area contributed by atoms with E-state index in [1.165, 1.54) is 17.8 Å². The van der Waals surface area contributed by atoms with E-state index in [-0.39, 0.29) is 5.69 Å². The Bertz CT molecular complexity index is 782. The molecule has 0 aliphatic heterocycles. The summed E-state index contributed by atoms with van der Waals surface area (Å²) in [6.07, 6.45) is 1.76. The first-order valence-electron chi connectivity index (χ1n) is 5.65. The van der Waals surface area contributed by atoms with Crippen LogP contribution in [0.4, 0.5) is 14.5 Å². The molecule has 0 unspecified atom stereocenters. The minimum atomic E-state index is -4.17. The second kappa shape index (κ2) is 6.21. The van der Waals surface area contributed by atoms with Crippen molar-refractivity contribution in [2.24, 2.45) is 0 Å². The normalized spacial score (nSPS) is 11.4. The fraction of sp³-hybridized carbons (Fsp3) is 0.0769. The lowest BCUT2D eigenvalue weighted by atomic mass is 10.3. The number of sulfonamides is 1. The highest BCUT2D eigenvalue weighted by atomic mass is 35.5. The maximum atomic E-state index is 13.6. The first-order valence-corrected chi connectivity index (χ1v) is 8.73. The fourth-order valence-electron chi connectivity index (χ4n) is 1.65. The first-order chi connectivity index (χ1) is 9.83. The molecule has 1 N–H and O–H groups in total. The van der Waals surface area contributed by atoms with Gasteiger partial charge in [0.15, 0.2) is 0 Å². The van der Waals surface area contributed by atoms with Crippen molar-refractivity contribution in [1.82, 2.24) is 0 Å². The lowest BCUT2D eigenvalue weighted by molar-refractivity contribution is 0.551. The number of anilines is 1. The number of hydrogen-bond donors (Lipinski definition) is 1. The molecule has 0 aliphatic rings. The van der Waals surface area contributed by atoms with Crippen molar-refractivity contribution in [2.45, 2.75) is 9.79 Å². The molecular weight excluding hydrogens is 340 g/mol. The SMILES string of the molecule is CSc1ccc(Cl)cc1NS(=O)(=O)c1ccc(F)cc1F. The second-order valence-corrected chi connectivity index (χ2v) is 6.96. The van der Waals surface area contributed by atoms with Crippen LogP contribution < -0.4 is 4.72 Å². The van der Waals surface area contributed by atoms with Crippen molar-refractivity contribution in [1.29, 1.82) is 0 Å². The Morgan fingerprint density at radius 3 is 2.48 bits per heavy atom. The summed E-state index contributed by atoms with van der Waals surface area (Å²) >= 11 is 7.14. The highest BCUT2D eigenvalue weighted by Crippen LogP contribution is 2.30. The maximum Gasteiger partial charge on any atom is 0.264 e. The monoisotopic (exact) mass is 349 g/mol. The molecule has 0 atom stereocenters. The van der Waals surface area contributed by atoms with E-state index in [0.29, 0.717) is 16.0 Å². The molecule has 0 amide bonds. The second-order valence-electron chi connectivity index (χ2n) is 4.02. The number of thioether (sulfide) groups is 1. The molecule has 0 spiro atoms. The van der Waals surface area contributed by atoms with Crippen molar-refractivity contribution in [3.05, 3.63) is 53.1 Å². The zero-order chi connectivity index (χ0) is 15.6. The van der Waals surface area contributed by atoms with Crippen LogP contribution in [0.5, 0.6) is 0 Å². The van der Waals surface area contributed by atoms with Crippen LogP contribution >= 0.6 is 23.4 Å². The molecule has 0 saturated heterocycles. The Labute approximate surface area is 130 Å². The van der Waals surface area contributed by atoms with Gasteiger partial charge < -0.3 is 0 Å². The molecule has 0 saturated carbocycles. The molecule has 2 aromatic carbocycles. The summed E-state index contributed by atoms with van der Waals surface area (Å²) in [5.74, 6) is -2.01. The van der Waals surface area contributed by atoms with Crippen LogP contribution in [0.25, 0.3) is 0 Å². The van der Waals surface area contributed by atoms with Crippen molar-refractivity contribution in [3.8, 4) is 0 Å². The predicted molar refractivity (Wildman–Crippen MR) is 80.4 cm³/mol. The summed E-state index contributed by atoms with van der Waals surface area (Å²) in [7, 11) is -4.17. The number of benzene rings is 2. The third-order valence-electron chi connectivity index (χ3n) is 2.59. The lowest BCUT2D eigenvalue weighted by Crippen LogP contribution is -2.15. The Kier molecular flexibility index (Phi) is 4.75. The zero-order valence-electron chi connectivity index (χ0n) is 10.7. The van der Waals surface area contributed by atoms with E-state index in [1.54, 1.807) is 18.4 Å². The highest BCUT2D eigenvalue weighted by molar-refractivity contribution is 7.99. The van der Waals surface area contributed by atoms with E-state index in [0.717, 1.165) is 12.1 Å². The molecule has 0 heterocycles. The van der Waals surface area contributed by atoms with Gasteiger partial charge in [0.25, 0.3) is 10.0 Å². The molecule has 112 valence electrons. The molecule has 2 aromatic rings. The zero-order valence-corrected chi connectivity index (χ0v) is 13.1. The van der Waals surface area contributed by atoms with E-state index in [2.05, 4.69) is 4.72 Å². The summed E-state index contributed by atoms with van der Waals surface area (Å²) in [5, 5.41) is 0.338. The van der Waals surface area contributed by atoms with Gasteiger partial charge in [-0.2, -0.15) is 0 Å². The summed E-state index contributed by atoms with van der Waals surface area (Å²) in [5.41, 5.74) is 0.235. The van der Waals surface area contributed by atoms with E-state index in [4.69, 9.17) is 11.6 Å². The minimum absolute atomic E-state index is 0.235. The average Bonchev–Trinajstić information content (AvgIpc) is 2.37. The third kappa shape index (κ3) is 3.66. The van der Waals surface area contributed by atoms with E-state index < -0.39 is 26.6 Å². The maximum absolute atomic E-state index is 13.6. The highest BCUT2D eigenvalue weighted by Gasteiger charge is 2.21. The molecular formula is C13H10ClF2NO2S2. The summed E-state index contributed by atoms with van der Waals surface area (Å²) in [6.45, 7) is 0. The fourth-order valence-corrected chi connectivity index (χ4v) is 3.55. The number of nitrogens with one attached hydrogen (secondary N) is 1. The summed E-state index contributed by atoms with van der Waals surface area (Å²) < 4.78 is 53.1. The molecule has 21 heavy (non-hydrogen) atoms. The van der Waals surface area contributed by atoms with Gasteiger partial charge in [-0.05, 0) is 36.6 Å².